The van der Waals surface area contributed by atoms with Crippen molar-refractivity contribution in [2.75, 3.05) is 51.9 Å². The molecule has 43 heavy (non-hydrogen) atoms. The first-order valence-electron chi connectivity index (χ1n) is 14.5. The molecule has 0 bridgehead atoms. The van der Waals surface area contributed by atoms with Crippen molar-refractivity contribution in [2.24, 2.45) is 5.41 Å². The molecule has 13 heteroatoms. The summed E-state index contributed by atoms with van der Waals surface area (Å²) in [6.07, 6.45) is 1.94. The number of aromatic nitrogens is 2. The maximum atomic E-state index is 14.2. The number of carboxylic acid groups (broad SMARTS) is 2. The van der Waals surface area contributed by atoms with E-state index in [2.05, 4.69) is 27.0 Å². The van der Waals surface area contributed by atoms with E-state index in [1.54, 1.807) is 14.0 Å². The number of piperazine rings is 1. The third-order valence-corrected chi connectivity index (χ3v) is 8.67. The van der Waals surface area contributed by atoms with Crippen LogP contribution in [0, 0.1) is 12.3 Å². The summed E-state index contributed by atoms with van der Waals surface area (Å²) in [5.74, 6) is -3.45. The van der Waals surface area contributed by atoms with E-state index in [9.17, 15) is 29.4 Å². The number of Topliss-reactive ketones (excluding diaryl/α,β-unsaturated/α-hetero) is 1. The fourth-order valence-corrected chi connectivity index (χ4v) is 6.20. The third-order valence-electron chi connectivity index (χ3n) is 8.67. The highest BCUT2D eigenvalue weighted by Gasteiger charge is 2.41. The zero-order valence-electron chi connectivity index (χ0n) is 25.4. The van der Waals surface area contributed by atoms with Crippen LogP contribution in [0.5, 0.6) is 0 Å². The Morgan fingerprint density at radius 3 is 2.42 bits per heavy atom. The fraction of sp³-hybridized carbons (Fsp3) is 0.567. The zero-order chi connectivity index (χ0) is 31.5. The van der Waals surface area contributed by atoms with Gasteiger partial charge in [-0.1, -0.05) is 6.92 Å². The summed E-state index contributed by atoms with van der Waals surface area (Å²) >= 11 is 0. The maximum absolute atomic E-state index is 14.2. The number of hydrogen-bond acceptors (Lipinski definition) is 9. The van der Waals surface area contributed by atoms with Gasteiger partial charge >= 0.3 is 18.0 Å². The van der Waals surface area contributed by atoms with E-state index in [1.807, 2.05) is 19.1 Å². The Morgan fingerprint density at radius 1 is 1.14 bits per heavy atom. The first-order valence-corrected chi connectivity index (χ1v) is 14.5. The maximum Gasteiger partial charge on any atom is 0.407 e. The van der Waals surface area contributed by atoms with Gasteiger partial charge in [-0.05, 0) is 57.2 Å². The topological polar surface area (TPSA) is 164 Å². The van der Waals surface area contributed by atoms with Gasteiger partial charge in [-0.2, -0.15) is 0 Å². The van der Waals surface area contributed by atoms with E-state index < -0.39 is 29.1 Å². The second kappa shape index (κ2) is 13.1. The molecule has 2 fully saturated rings. The first-order chi connectivity index (χ1) is 20.4. The molecule has 4 rings (SSSR count). The monoisotopic (exact) mass is 599 g/mol. The van der Waals surface area contributed by atoms with Gasteiger partial charge in [0, 0.05) is 56.5 Å². The van der Waals surface area contributed by atoms with Crippen molar-refractivity contribution in [1.82, 2.24) is 19.8 Å². The first kappa shape index (κ1) is 32.0. The van der Waals surface area contributed by atoms with Gasteiger partial charge in [-0.3, -0.25) is 14.3 Å². The molecule has 1 aliphatic carbocycles. The molecular formula is C30H41N5O8. The lowest BCUT2D eigenvalue weighted by Gasteiger charge is -2.42. The largest absolute Gasteiger partial charge is 0.478 e. The van der Waals surface area contributed by atoms with Crippen molar-refractivity contribution in [2.45, 2.75) is 58.5 Å². The van der Waals surface area contributed by atoms with E-state index in [4.69, 9.17) is 9.47 Å². The number of amides is 1. The molecule has 234 valence electrons. The smallest absolute Gasteiger partial charge is 0.407 e. The molecule has 1 aromatic heterocycles. The Hall–Kier alpha value is -3.97. The number of carbonyl (C=O) groups is 4. The molecule has 3 N–H and O–H groups in total. The van der Waals surface area contributed by atoms with Gasteiger partial charge in [0.25, 0.3) is 0 Å². The van der Waals surface area contributed by atoms with E-state index in [0.29, 0.717) is 49.4 Å². The van der Waals surface area contributed by atoms with Gasteiger partial charge in [0.2, 0.25) is 5.78 Å². The number of aliphatic carboxylic acids is 2. The van der Waals surface area contributed by atoms with Crippen molar-refractivity contribution in [1.29, 1.82) is 0 Å². The Balaban J connectivity index is 1.77. The number of rotatable bonds is 10. The molecule has 1 saturated heterocycles. The van der Waals surface area contributed by atoms with Gasteiger partial charge in [-0.15, -0.1) is 0 Å². The Bertz CT molecular complexity index is 1430. The molecule has 1 saturated carbocycles. The minimum Gasteiger partial charge on any atom is -0.478 e. The van der Waals surface area contributed by atoms with Crippen LogP contribution in [0.15, 0.2) is 18.2 Å². The number of methoxy groups -OCH3 is 2. The van der Waals surface area contributed by atoms with Crippen molar-refractivity contribution in [3.8, 4) is 0 Å². The number of nitrogens with one attached hydrogen (secondary N) is 1. The highest BCUT2D eigenvalue weighted by Crippen LogP contribution is 2.40. The second-order valence-electron chi connectivity index (χ2n) is 11.7. The number of imidazole rings is 1. The minimum absolute atomic E-state index is 0.124. The quantitative estimate of drug-likeness (QED) is 0.272. The van der Waals surface area contributed by atoms with Crippen molar-refractivity contribution in [3.63, 3.8) is 0 Å². The minimum atomic E-state index is -1.49. The zero-order valence-corrected chi connectivity index (χ0v) is 25.4. The number of benzene rings is 1. The van der Waals surface area contributed by atoms with Gasteiger partial charge in [0.1, 0.15) is 5.70 Å². The predicted octanol–water partition coefficient (Wildman–Crippen LogP) is 3.00. The highest BCUT2D eigenvalue weighted by molar-refractivity contribution is 6.17. The number of carbonyl (C=O) groups excluding carboxylic acids is 2. The average Bonchev–Trinajstić information content (AvgIpc) is 3.32. The SMILES string of the molecule is COCCN1CCN(c2cc3c(cc2C)nc(C(=O)C2(C)CCC(NC(=O)OC)CC2)n3/C(=C\C(=O)O)C(=O)O)[C@@H](C)C1. The lowest BCUT2D eigenvalue weighted by atomic mass is 9.71. The highest BCUT2D eigenvalue weighted by atomic mass is 16.5. The van der Waals surface area contributed by atoms with Crippen LogP contribution in [0.1, 0.15) is 55.7 Å². The molecule has 1 amide bonds. The molecule has 1 aliphatic heterocycles. The van der Waals surface area contributed by atoms with Gasteiger partial charge in [0.15, 0.2) is 5.82 Å². The summed E-state index contributed by atoms with van der Waals surface area (Å²) in [7, 11) is 2.97. The summed E-state index contributed by atoms with van der Waals surface area (Å²) in [4.78, 5) is 59.2. The van der Waals surface area contributed by atoms with E-state index in [0.717, 1.165) is 37.4 Å². The number of anilines is 1. The van der Waals surface area contributed by atoms with Gasteiger partial charge in [0.05, 0.1) is 30.8 Å². The number of ketones is 1. The number of carboxylic acids is 2. The predicted molar refractivity (Wildman–Crippen MR) is 159 cm³/mol. The van der Waals surface area contributed by atoms with Crippen LogP contribution in [0.25, 0.3) is 16.7 Å². The molecule has 0 unspecified atom stereocenters. The Kier molecular flexibility index (Phi) is 9.75. The average molecular weight is 600 g/mol. The number of aryl methyl sites for hydroxylation is 1. The van der Waals surface area contributed by atoms with Crippen LogP contribution < -0.4 is 10.2 Å². The molecule has 2 aromatic rings. The number of fused-ring (bicyclic) bond motifs is 1. The summed E-state index contributed by atoms with van der Waals surface area (Å²) in [6.45, 7) is 9.69. The van der Waals surface area contributed by atoms with Gasteiger partial charge in [-0.25, -0.2) is 19.4 Å². The molecule has 2 aliphatic rings. The number of hydrogen-bond donors (Lipinski definition) is 3. The molecule has 1 aromatic carbocycles. The van der Waals surface area contributed by atoms with Crippen LogP contribution >= 0.6 is 0 Å². The second-order valence-corrected chi connectivity index (χ2v) is 11.7. The lowest BCUT2D eigenvalue weighted by molar-refractivity contribution is -0.133. The van der Waals surface area contributed by atoms with Crippen LogP contribution in [-0.4, -0.2) is 108 Å². The van der Waals surface area contributed by atoms with E-state index >= 15 is 0 Å². The molecule has 0 spiro atoms. The van der Waals surface area contributed by atoms with Crippen molar-refractivity contribution < 1.29 is 38.9 Å². The van der Waals surface area contributed by atoms with Crippen molar-refractivity contribution >= 4 is 46.2 Å². The summed E-state index contributed by atoms with van der Waals surface area (Å²) in [6, 6.07) is 3.62. The van der Waals surface area contributed by atoms with Crippen LogP contribution in [0.3, 0.4) is 0 Å². The van der Waals surface area contributed by atoms with Crippen LogP contribution in [0.4, 0.5) is 10.5 Å². The molecule has 1 atom stereocenters. The van der Waals surface area contributed by atoms with Crippen LogP contribution in [0.2, 0.25) is 0 Å². The van der Waals surface area contributed by atoms with Crippen LogP contribution in [-0.2, 0) is 19.1 Å². The third kappa shape index (κ3) is 6.83. The fourth-order valence-electron chi connectivity index (χ4n) is 6.20. The molecule has 2 heterocycles. The summed E-state index contributed by atoms with van der Waals surface area (Å²) < 4.78 is 11.1. The number of ether oxygens (including phenoxy) is 2. The summed E-state index contributed by atoms with van der Waals surface area (Å²) in [5.41, 5.74) is 1.05. The lowest BCUT2D eigenvalue weighted by Crippen LogP contribution is -2.52. The number of nitrogens with zero attached hydrogens (tertiary/aromatic N) is 4. The van der Waals surface area contributed by atoms with E-state index in [-0.39, 0.29) is 23.7 Å². The molecule has 0 radical (unpaired) electrons. The van der Waals surface area contributed by atoms with E-state index in [1.165, 1.54) is 11.7 Å². The Labute approximate surface area is 250 Å². The summed E-state index contributed by atoms with van der Waals surface area (Å²) in [5, 5.41) is 22.4. The van der Waals surface area contributed by atoms with Gasteiger partial charge < -0.3 is 29.9 Å². The standard InChI is InChI=1S/C30H41N5O8/c1-18-14-21-23(15-22(18)34-11-10-33(12-13-42-4)17-19(34)2)35(24(28(39)40)16-25(36)37)27(32-21)26(38)30(3)8-6-20(7-9-30)31-29(41)43-5/h14-16,19-20H,6-13,17H2,1-5H3,(H,31,41)(H,36,37)(H,39,40)/b24-16-/t19-,20?,30?/m0/s1. The number of alkyl carbamates (subject to hydrolysis) is 1. The normalized spacial score (nSPS) is 23.3. The molecule has 13 nitrogen and oxygen atoms in total. The molecular weight excluding hydrogens is 558 g/mol. The Morgan fingerprint density at radius 2 is 1.84 bits per heavy atom. The van der Waals surface area contributed by atoms with Crippen molar-refractivity contribution in [3.05, 3.63) is 29.6 Å².